The quantitative estimate of drug-likeness (QED) is 0.700. The first kappa shape index (κ1) is 16.5. The molecule has 2 aliphatic carbocycles. The van der Waals surface area contributed by atoms with E-state index >= 15 is 0 Å². The summed E-state index contributed by atoms with van der Waals surface area (Å²) in [6.07, 6.45) is 0.807. The second-order valence-electron chi connectivity index (χ2n) is 7.75. The Morgan fingerprint density at radius 3 is 2.85 bits per heavy atom. The third-order valence-corrected chi connectivity index (χ3v) is 7.10. The molecule has 4 atom stereocenters. The second-order valence-corrected chi connectivity index (χ2v) is 8.77. The summed E-state index contributed by atoms with van der Waals surface area (Å²) in [6, 6.07) is 3.03. The molecule has 140 valence electrons. The molecule has 26 heavy (non-hydrogen) atoms. The Kier molecular flexibility index (Phi) is 3.03. The van der Waals surface area contributed by atoms with Gasteiger partial charge >= 0.3 is 10.4 Å². The van der Waals surface area contributed by atoms with E-state index in [9.17, 15) is 18.3 Å². The monoisotopic (exact) mass is 381 g/mol. The van der Waals surface area contributed by atoms with Crippen LogP contribution in [0.2, 0.25) is 0 Å². The zero-order valence-electron chi connectivity index (χ0n) is 14.1. The number of ketones is 1. The molecule has 1 aromatic carbocycles. The van der Waals surface area contributed by atoms with E-state index in [0.717, 1.165) is 5.56 Å². The number of Topliss-reactive ketones (excluding diaryl/α,β-unsaturated/α-hetero) is 1. The highest BCUT2D eigenvalue weighted by Gasteiger charge is 2.72. The molecule has 1 aromatic rings. The number of carbonyl (C=O) groups excluding carboxylic acids is 1. The van der Waals surface area contributed by atoms with Crippen molar-refractivity contribution in [3.8, 4) is 11.5 Å². The van der Waals surface area contributed by atoms with Crippen LogP contribution < -0.4 is 8.92 Å². The van der Waals surface area contributed by atoms with Gasteiger partial charge < -0.3 is 18.9 Å². The van der Waals surface area contributed by atoms with E-state index in [2.05, 4.69) is 9.08 Å². The van der Waals surface area contributed by atoms with Crippen LogP contribution in [0.3, 0.4) is 0 Å². The standard InChI is InChI=1S/C17H19NO7S/c1-18-7-6-16-13-9-2-3-11(25-26(21,22)23)14(13)24-15(16)10(19)4-5-17(16,20)12(18)8-9/h2-3,12,15,20H,4-8H2,1H3,(H,21,22,23)/t12-,15+,16+,17-/m1/s1. The predicted molar refractivity (Wildman–Crippen MR) is 88.6 cm³/mol. The number of benzene rings is 1. The highest BCUT2D eigenvalue weighted by Crippen LogP contribution is 2.64. The first-order valence-electron chi connectivity index (χ1n) is 8.63. The first-order valence-corrected chi connectivity index (χ1v) is 9.99. The Morgan fingerprint density at radius 2 is 2.12 bits per heavy atom. The molecule has 1 saturated carbocycles. The molecular weight excluding hydrogens is 362 g/mol. The van der Waals surface area contributed by atoms with E-state index in [-0.39, 0.29) is 29.7 Å². The normalized spacial score (nSPS) is 37.9. The summed E-state index contributed by atoms with van der Waals surface area (Å²) >= 11 is 0. The second kappa shape index (κ2) is 4.78. The smallest absolute Gasteiger partial charge is 0.446 e. The van der Waals surface area contributed by atoms with Crippen molar-refractivity contribution in [3.63, 3.8) is 0 Å². The minimum absolute atomic E-state index is 0.0974. The number of rotatable bonds is 2. The fourth-order valence-corrected chi connectivity index (χ4v) is 6.06. The van der Waals surface area contributed by atoms with Crippen LogP contribution in [0.1, 0.15) is 30.4 Å². The van der Waals surface area contributed by atoms with Crippen molar-refractivity contribution in [1.29, 1.82) is 0 Å². The average Bonchev–Trinajstić information content (AvgIpc) is 2.90. The summed E-state index contributed by atoms with van der Waals surface area (Å²) in [6.45, 7) is 0.697. The van der Waals surface area contributed by atoms with Gasteiger partial charge in [-0.15, -0.1) is 0 Å². The van der Waals surface area contributed by atoms with Crippen LogP contribution in [0.4, 0.5) is 0 Å². The van der Waals surface area contributed by atoms with Gasteiger partial charge in [0.2, 0.25) is 0 Å². The van der Waals surface area contributed by atoms with Crippen LogP contribution in [-0.2, 0) is 27.0 Å². The third-order valence-electron chi connectivity index (χ3n) is 6.71. The van der Waals surface area contributed by atoms with E-state index in [0.29, 0.717) is 31.4 Å². The van der Waals surface area contributed by atoms with Gasteiger partial charge in [-0.2, -0.15) is 8.42 Å². The van der Waals surface area contributed by atoms with Gasteiger partial charge in [0.1, 0.15) is 0 Å². The van der Waals surface area contributed by atoms with Crippen LogP contribution in [-0.4, -0.2) is 60.1 Å². The molecule has 0 aromatic heterocycles. The average molecular weight is 381 g/mol. The van der Waals surface area contributed by atoms with E-state index in [1.807, 2.05) is 7.05 Å². The Morgan fingerprint density at radius 1 is 1.35 bits per heavy atom. The van der Waals surface area contributed by atoms with Crippen molar-refractivity contribution in [2.75, 3.05) is 13.6 Å². The van der Waals surface area contributed by atoms with Crippen LogP contribution in [0.5, 0.6) is 11.5 Å². The Labute approximate surface area is 150 Å². The van der Waals surface area contributed by atoms with E-state index < -0.39 is 27.5 Å². The molecule has 1 spiro atoms. The molecule has 2 bridgehead atoms. The number of nitrogens with zero attached hydrogens (tertiary/aromatic N) is 1. The minimum Gasteiger partial charge on any atom is -0.477 e. The molecule has 2 fully saturated rings. The lowest BCUT2D eigenvalue weighted by Crippen LogP contribution is -2.76. The van der Waals surface area contributed by atoms with Crippen LogP contribution in [0.15, 0.2) is 12.1 Å². The zero-order valence-corrected chi connectivity index (χ0v) is 15.0. The van der Waals surface area contributed by atoms with Crippen molar-refractivity contribution in [1.82, 2.24) is 4.90 Å². The molecule has 2 N–H and O–H groups in total. The fourth-order valence-electron chi connectivity index (χ4n) is 5.70. The number of hydrogen-bond donors (Lipinski definition) is 2. The van der Waals surface area contributed by atoms with Gasteiger partial charge in [-0.05, 0) is 44.5 Å². The zero-order chi connectivity index (χ0) is 18.5. The van der Waals surface area contributed by atoms with Gasteiger partial charge in [-0.1, -0.05) is 6.07 Å². The molecule has 4 aliphatic rings. The van der Waals surface area contributed by atoms with E-state index in [1.54, 1.807) is 6.07 Å². The molecule has 9 heteroatoms. The summed E-state index contributed by atoms with van der Waals surface area (Å²) in [5.41, 5.74) is -0.446. The van der Waals surface area contributed by atoms with Gasteiger partial charge in [0.05, 0.1) is 11.0 Å². The lowest BCUT2D eigenvalue weighted by atomic mass is 9.49. The van der Waals surface area contributed by atoms with Crippen molar-refractivity contribution in [2.45, 2.75) is 48.8 Å². The number of piperidine rings is 1. The predicted octanol–water partition coefficient (Wildman–Crippen LogP) is 0.221. The molecule has 2 heterocycles. The maximum Gasteiger partial charge on any atom is 0.446 e. The summed E-state index contributed by atoms with van der Waals surface area (Å²) in [7, 11) is -2.77. The number of aliphatic hydroxyl groups is 1. The van der Waals surface area contributed by atoms with Crippen LogP contribution in [0.25, 0.3) is 0 Å². The molecule has 5 rings (SSSR count). The number of ether oxygens (including phenoxy) is 1. The highest BCUT2D eigenvalue weighted by molar-refractivity contribution is 7.81. The fraction of sp³-hybridized carbons (Fsp3) is 0.588. The number of likely N-dealkylation sites (N-methyl/N-ethyl adjacent to an activating group) is 1. The molecule has 0 unspecified atom stereocenters. The Hall–Kier alpha value is -1.68. The van der Waals surface area contributed by atoms with Crippen molar-refractivity contribution in [3.05, 3.63) is 23.3 Å². The molecule has 0 radical (unpaired) electrons. The lowest BCUT2D eigenvalue weighted by Gasteiger charge is -2.61. The van der Waals surface area contributed by atoms with Gasteiger partial charge in [0, 0.05) is 18.0 Å². The Bertz CT molecular complexity index is 945. The number of likely N-dealkylation sites (tertiary alicyclic amines) is 1. The van der Waals surface area contributed by atoms with E-state index in [4.69, 9.17) is 9.29 Å². The largest absolute Gasteiger partial charge is 0.477 e. The molecule has 0 amide bonds. The third kappa shape index (κ3) is 1.79. The summed E-state index contributed by atoms with van der Waals surface area (Å²) in [5.74, 6) is -0.0933. The first-order chi connectivity index (χ1) is 12.2. The molecule has 8 nitrogen and oxygen atoms in total. The van der Waals surface area contributed by atoms with E-state index in [1.165, 1.54) is 6.07 Å². The Balaban J connectivity index is 1.80. The van der Waals surface area contributed by atoms with Crippen molar-refractivity contribution >= 4 is 16.2 Å². The number of hydrogen-bond acceptors (Lipinski definition) is 7. The van der Waals surface area contributed by atoms with Gasteiger partial charge in [0.25, 0.3) is 0 Å². The topological polar surface area (TPSA) is 113 Å². The SMILES string of the molecule is CN1CC[C@]23c4c5ccc(OS(=O)(=O)O)c4O[C@H]2C(=O)CC[C@@]3(O)[C@H]1C5. The van der Waals surface area contributed by atoms with Gasteiger partial charge in [-0.3, -0.25) is 9.35 Å². The molecule has 2 aliphatic heterocycles. The number of carbonyl (C=O) groups is 1. The van der Waals surface area contributed by atoms with Crippen molar-refractivity contribution in [2.24, 2.45) is 0 Å². The van der Waals surface area contributed by atoms with Gasteiger partial charge in [0.15, 0.2) is 23.4 Å². The maximum atomic E-state index is 12.7. The molecule has 1 saturated heterocycles. The maximum absolute atomic E-state index is 12.7. The summed E-state index contributed by atoms with van der Waals surface area (Å²) < 4.78 is 42.1. The summed E-state index contributed by atoms with van der Waals surface area (Å²) in [5, 5.41) is 11.7. The van der Waals surface area contributed by atoms with Crippen molar-refractivity contribution < 1.29 is 31.8 Å². The highest BCUT2D eigenvalue weighted by atomic mass is 32.3. The van der Waals surface area contributed by atoms with Crippen LogP contribution in [0, 0.1) is 0 Å². The van der Waals surface area contributed by atoms with Gasteiger partial charge in [-0.25, -0.2) is 0 Å². The summed E-state index contributed by atoms with van der Waals surface area (Å²) in [4.78, 5) is 14.8. The minimum atomic E-state index is -4.74. The lowest BCUT2D eigenvalue weighted by molar-refractivity contribution is -0.185. The van der Waals surface area contributed by atoms with Crippen LogP contribution >= 0.6 is 0 Å². The molecular formula is C17H19NO7S.